The van der Waals surface area contributed by atoms with Gasteiger partial charge < -0.3 is 19.9 Å². The fraction of sp³-hybridized carbons (Fsp3) is 0.0800. The molecule has 0 atom stereocenters. The molecule has 0 spiro atoms. The SMILES string of the molecule is COc1ccc(/C=C(/NC(=O)c2ccccc2)C(=O)N/N=C/c2cc(Br)cc(Br)c2O)c(OC)c1. The van der Waals surface area contributed by atoms with Crippen molar-refractivity contribution in [3.63, 3.8) is 0 Å². The van der Waals surface area contributed by atoms with E-state index in [1.165, 1.54) is 26.5 Å². The molecule has 0 radical (unpaired) electrons. The predicted octanol–water partition coefficient (Wildman–Crippen LogP) is 4.86. The highest BCUT2D eigenvalue weighted by molar-refractivity contribution is 9.11. The second kappa shape index (κ2) is 12.2. The molecule has 8 nitrogen and oxygen atoms in total. The lowest BCUT2D eigenvalue weighted by molar-refractivity contribution is -0.117. The molecule has 0 aromatic heterocycles. The number of rotatable bonds is 8. The van der Waals surface area contributed by atoms with Crippen LogP contribution in [0.15, 0.2) is 80.4 Å². The number of carbonyl (C=O) groups is 2. The average molecular weight is 603 g/mol. The van der Waals surface area contributed by atoms with Gasteiger partial charge >= 0.3 is 0 Å². The maximum Gasteiger partial charge on any atom is 0.287 e. The van der Waals surface area contributed by atoms with Gasteiger partial charge in [0.25, 0.3) is 11.8 Å². The van der Waals surface area contributed by atoms with E-state index in [1.807, 2.05) is 0 Å². The fourth-order valence-electron chi connectivity index (χ4n) is 2.94. The van der Waals surface area contributed by atoms with Crippen LogP contribution in [0.1, 0.15) is 21.5 Å². The minimum Gasteiger partial charge on any atom is -0.506 e. The van der Waals surface area contributed by atoms with Crippen molar-refractivity contribution in [2.24, 2.45) is 5.10 Å². The fourth-order valence-corrected chi connectivity index (χ4v) is 4.20. The first-order chi connectivity index (χ1) is 16.8. The van der Waals surface area contributed by atoms with Crippen molar-refractivity contribution < 1.29 is 24.2 Å². The van der Waals surface area contributed by atoms with Crippen LogP contribution >= 0.6 is 31.9 Å². The molecule has 0 aliphatic carbocycles. The summed E-state index contributed by atoms with van der Waals surface area (Å²) in [4.78, 5) is 25.7. The first-order valence-electron chi connectivity index (χ1n) is 10.1. The van der Waals surface area contributed by atoms with Crippen molar-refractivity contribution in [2.75, 3.05) is 14.2 Å². The summed E-state index contributed by atoms with van der Waals surface area (Å²) in [7, 11) is 3.02. The number of hydrogen-bond donors (Lipinski definition) is 3. The number of halogens is 2. The van der Waals surface area contributed by atoms with E-state index in [9.17, 15) is 14.7 Å². The molecule has 10 heteroatoms. The topological polar surface area (TPSA) is 109 Å². The summed E-state index contributed by atoms with van der Waals surface area (Å²) in [6, 6.07) is 16.8. The molecule has 0 aliphatic rings. The van der Waals surface area contributed by atoms with Crippen molar-refractivity contribution in [2.45, 2.75) is 0 Å². The molecular weight excluding hydrogens is 582 g/mol. The number of ether oxygens (including phenoxy) is 2. The third-order valence-electron chi connectivity index (χ3n) is 4.70. The summed E-state index contributed by atoms with van der Waals surface area (Å²) in [6.45, 7) is 0. The maximum absolute atomic E-state index is 13.0. The number of nitrogens with zero attached hydrogens (tertiary/aromatic N) is 1. The lowest BCUT2D eigenvalue weighted by Gasteiger charge is -2.12. The Morgan fingerprint density at radius 3 is 2.40 bits per heavy atom. The Morgan fingerprint density at radius 1 is 0.971 bits per heavy atom. The van der Waals surface area contributed by atoms with Crippen molar-refractivity contribution in [1.29, 1.82) is 0 Å². The summed E-state index contributed by atoms with van der Waals surface area (Å²) in [5.41, 5.74) is 3.57. The van der Waals surface area contributed by atoms with Crippen LogP contribution in [0.3, 0.4) is 0 Å². The van der Waals surface area contributed by atoms with Gasteiger partial charge in [-0.15, -0.1) is 0 Å². The predicted molar refractivity (Wildman–Crippen MR) is 141 cm³/mol. The quantitative estimate of drug-likeness (QED) is 0.194. The molecule has 2 amide bonds. The van der Waals surface area contributed by atoms with Gasteiger partial charge in [0.1, 0.15) is 22.9 Å². The summed E-state index contributed by atoms with van der Waals surface area (Å²) in [6.07, 6.45) is 2.75. The molecule has 0 aliphatic heterocycles. The Labute approximate surface area is 218 Å². The Morgan fingerprint density at radius 2 is 1.71 bits per heavy atom. The molecule has 180 valence electrons. The Kier molecular flexibility index (Phi) is 9.04. The normalized spacial score (nSPS) is 11.3. The smallest absolute Gasteiger partial charge is 0.287 e. The summed E-state index contributed by atoms with van der Waals surface area (Å²) in [5, 5.41) is 16.7. The van der Waals surface area contributed by atoms with Crippen molar-refractivity contribution >= 4 is 56.0 Å². The van der Waals surface area contributed by atoms with E-state index in [4.69, 9.17) is 9.47 Å². The minimum atomic E-state index is -0.683. The molecule has 0 fully saturated rings. The Hall–Kier alpha value is -3.63. The van der Waals surface area contributed by atoms with Crippen molar-refractivity contribution in [3.05, 3.63) is 92.0 Å². The molecule has 3 N–H and O–H groups in total. The van der Waals surface area contributed by atoms with Crippen LogP contribution in [0.4, 0.5) is 0 Å². The molecular formula is C25H21Br2N3O5. The Bertz CT molecular complexity index is 1290. The number of hydrazone groups is 1. The van der Waals surface area contributed by atoms with Crippen LogP contribution in [0.5, 0.6) is 17.2 Å². The van der Waals surface area contributed by atoms with Gasteiger partial charge in [-0.1, -0.05) is 34.1 Å². The first kappa shape index (κ1) is 26.0. The van der Waals surface area contributed by atoms with E-state index in [2.05, 4.69) is 47.7 Å². The summed E-state index contributed by atoms with van der Waals surface area (Å²) >= 11 is 6.58. The van der Waals surface area contributed by atoms with Gasteiger partial charge in [-0.2, -0.15) is 5.10 Å². The molecule has 0 saturated heterocycles. The number of benzene rings is 3. The molecule has 3 aromatic rings. The van der Waals surface area contributed by atoms with E-state index in [0.717, 1.165) is 0 Å². The van der Waals surface area contributed by atoms with Gasteiger partial charge in [0.2, 0.25) is 0 Å². The zero-order valence-electron chi connectivity index (χ0n) is 18.7. The molecule has 0 saturated carbocycles. The van der Waals surface area contributed by atoms with Gasteiger partial charge in [-0.25, -0.2) is 5.43 Å². The highest BCUT2D eigenvalue weighted by atomic mass is 79.9. The van der Waals surface area contributed by atoms with E-state index < -0.39 is 11.8 Å². The van der Waals surface area contributed by atoms with Crippen molar-refractivity contribution in [1.82, 2.24) is 10.7 Å². The molecule has 3 rings (SSSR count). The number of phenols is 1. The summed E-state index contributed by atoms with van der Waals surface area (Å²) in [5.74, 6) is -0.185. The second-order valence-electron chi connectivity index (χ2n) is 7.01. The minimum absolute atomic E-state index is 0.0395. The van der Waals surface area contributed by atoms with Crippen LogP contribution in [0.25, 0.3) is 6.08 Å². The lowest BCUT2D eigenvalue weighted by atomic mass is 10.1. The van der Waals surface area contributed by atoms with Crippen LogP contribution in [-0.2, 0) is 4.79 Å². The molecule has 0 unspecified atom stereocenters. The van der Waals surface area contributed by atoms with Crippen LogP contribution in [0.2, 0.25) is 0 Å². The molecule has 35 heavy (non-hydrogen) atoms. The van der Waals surface area contributed by atoms with Crippen LogP contribution in [-0.4, -0.2) is 37.4 Å². The standard InChI is InChI=1S/C25H21Br2N3O5/c1-34-19-9-8-16(22(13-19)35-2)11-21(29-24(32)15-6-4-3-5-7-15)25(33)30-28-14-17-10-18(26)12-20(27)23(17)31/h3-14,31H,1-2H3,(H,29,32)(H,30,33)/b21-11+,28-14+. The highest BCUT2D eigenvalue weighted by Gasteiger charge is 2.16. The summed E-state index contributed by atoms with van der Waals surface area (Å²) < 4.78 is 11.8. The number of aromatic hydroxyl groups is 1. The zero-order valence-corrected chi connectivity index (χ0v) is 21.9. The van der Waals surface area contributed by atoms with Gasteiger partial charge in [0, 0.05) is 27.2 Å². The molecule has 0 heterocycles. The van der Waals surface area contributed by atoms with E-state index >= 15 is 0 Å². The highest BCUT2D eigenvalue weighted by Crippen LogP contribution is 2.30. The second-order valence-corrected chi connectivity index (χ2v) is 8.78. The number of nitrogens with one attached hydrogen (secondary N) is 2. The zero-order chi connectivity index (χ0) is 25.4. The first-order valence-corrected chi connectivity index (χ1v) is 11.7. The Balaban J connectivity index is 1.91. The third-order valence-corrected chi connectivity index (χ3v) is 5.76. The van der Waals surface area contributed by atoms with Gasteiger partial charge in [-0.05, 0) is 58.4 Å². The van der Waals surface area contributed by atoms with Crippen LogP contribution < -0.4 is 20.2 Å². The van der Waals surface area contributed by atoms with Crippen molar-refractivity contribution in [3.8, 4) is 17.2 Å². The number of amides is 2. The molecule has 3 aromatic carbocycles. The van der Waals surface area contributed by atoms with Crippen LogP contribution in [0, 0.1) is 0 Å². The largest absolute Gasteiger partial charge is 0.506 e. The lowest BCUT2D eigenvalue weighted by Crippen LogP contribution is -2.32. The van der Waals surface area contributed by atoms with Gasteiger partial charge in [0.15, 0.2) is 0 Å². The number of carbonyl (C=O) groups excluding carboxylic acids is 2. The van der Waals surface area contributed by atoms with E-state index in [-0.39, 0.29) is 11.4 Å². The average Bonchev–Trinajstić information content (AvgIpc) is 2.86. The monoisotopic (exact) mass is 601 g/mol. The number of phenolic OH excluding ortho intramolecular Hbond substituents is 1. The third kappa shape index (κ3) is 6.93. The molecule has 0 bridgehead atoms. The maximum atomic E-state index is 13.0. The van der Waals surface area contributed by atoms with E-state index in [0.29, 0.717) is 37.1 Å². The number of methoxy groups -OCH3 is 2. The van der Waals surface area contributed by atoms with E-state index in [1.54, 1.807) is 60.7 Å². The van der Waals surface area contributed by atoms with Gasteiger partial charge in [0.05, 0.1) is 24.9 Å². The number of hydrogen-bond acceptors (Lipinski definition) is 6. The van der Waals surface area contributed by atoms with Gasteiger partial charge in [-0.3, -0.25) is 9.59 Å².